The minimum Gasteiger partial charge on any atom is -0.497 e. The molecule has 1 fully saturated rings. The molecule has 1 aliphatic carbocycles. The molecule has 0 aromatic heterocycles. The fraction of sp³-hybridized carbons (Fsp3) is 0.304. The maximum Gasteiger partial charge on any atom is 0.125 e. The minimum atomic E-state index is -0.412. The molecule has 1 aliphatic heterocycles. The molecule has 2 heteroatoms. The molecule has 128 valence electrons. The molecule has 0 bridgehead atoms. The van der Waals surface area contributed by atoms with Gasteiger partial charge in [-0.2, -0.15) is 0 Å². The van der Waals surface area contributed by atoms with E-state index in [9.17, 15) is 0 Å². The van der Waals surface area contributed by atoms with E-state index in [0.29, 0.717) is 5.92 Å². The van der Waals surface area contributed by atoms with E-state index in [1.54, 1.807) is 7.11 Å². The van der Waals surface area contributed by atoms with Crippen LogP contribution in [-0.4, -0.2) is 13.7 Å². The van der Waals surface area contributed by atoms with E-state index in [0.717, 1.165) is 31.6 Å². The van der Waals surface area contributed by atoms with Gasteiger partial charge in [-0.25, -0.2) is 0 Å². The molecule has 0 saturated carbocycles. The summed E-state index contributed by atoms with van der Waals surface area (Å²) in [7, 11) is 1.70. The monoisotopic (exact) mass is 332 g/mol. The molecule has 4 rings (SSSR count). The number of allylic oxidation sites excluding steroid dienone is 2. The largest absolute Gasteiger partial charge is 0.497 e. The zero-order valence-corrected chi connectivity index (χ0v) is 14.7. The Labute approximate surface area is 149 Å². The lowest BCUT2D eigenvalue weighted by Gasteiger charge is -2.37. The normalized spacial score (nSPS) is 25.6. The van der Waals surface area contributed by atoms with Crippen LogP contribution in [0.3, 0.4) is 0 Å². The minimum absolute atomic E-state index is 0.316. The number of hydrogen-bond acceptors (Lipinski definition) is 2. The lowest BCUT2D eigenvalue weighted by atomic mass is 9.71. The number of benzene rings is 2. The van der Waals surface area contributed by atoms with E-state index in [2.05, 4.69) is 60.7 Å². The number of methoxy groups -OCH3 is 1. The fourth-order valence-corrected chi connectivity index (χ4v) is 4.19. The molecular weight excluding hydrogens is 308 g/mol. The highest BCUT2D eigenvalue weighted by atomic mass is 16.5. The van der Waals surface area contributed by atoms with Crippen LogP contribution in [0.2, 0.25) is 0 Å². The molecule has 25 heavy (non-hydrogen) atoms. The Morgan fingerprint density at radius 2 is 1.80 bits per heavy atom. The van der Waals surface area contributed by atoms with Crippen molar-refractivity contribution in [2.24, 2.45) is 0 Å². The summed E-state index contributed by atoms with van der Waals surface area (Å²) in [5, 5.41) is 0. The first-order valence-electron chi connectivity index (χ1n) is 9.05. The molecule has 1 heterocycles. The zero-order valence-electron chi connectivity index (χ0n) is 14.7. The van der Waals surface area contributed by atoms with E-state index < -0.39 is 5.60 Å². The second kappa shape index (κ2) is 6.89. The van der Waals surface area contributed by atoms with Crippen molar-refractivity contribution in [2.75, 3.05) is 13.7 Å². The van der Waals surface area contributed by atoms with Gasteiger partial charge in [0.15, 0.2) is 0 Å². The molecule has 0 N–H and O–H groups in total. The van der Waals surface area contributed by atoms with E-state index in [4.69, 9.17) is 9.47 Å². The Morgan fingerprint density at radius 1 is 1.00 bits per heavy atom. The third-order valence-electron chi connectivity index (χ3n) is 5.37. The highest BCUT2D eigenvalue weighted by molar-refractivity contribution is 5.47. The summed E-state index contributed by atoms with van der Waals surface area (Å²) in [6, 6.07) is 19.2. The molecule has 0 radical (unpaired) electrons. The molecule has 1 saturated heterocycles. The summed E-state index contributed by atoms with van der Waals surface area (Å²) in [5.41, 5.74) is 3.42. The molecule has 2 atom stereocenters. The van der Waals surface area contributed by atoms with Gasteiger partial charge in [-0.1, -0.05) is 60.7 Å². The first-order chi connectivity index (χ1) is 12.3. The molecule has 2 aliphatic rings. The van der Waals surface area contributed by atoms with Crippen molar-refractivity contribution in [1.29, 1.82) is 0 Å². The van der Waals surface area contributed by atoms with Gasteiger partial charge >= 0.3 is 0 Å². The van der Waals surface area contributed by atoms with Crippen LogP contribution < -0.4 is 4.74 Å². The van der Waals surface area contributed by atoms with E-state index in [1.807, 2.05) is 12.1 Å². The second-order valence-corrected chi connectivity index (χ2v) is 6.70. The van der Waals surface area contributed by atoms with Crippen LogP contribution in [0, 0.1) is 0 Å². The van der Waals surface area contributed by atoms with Crippen molar-refractivity contribution in [3.05, 3.63) is 89.5 Å². The summed E-state index contributed by atoms with van der Waals surface area (Å²) in [4.78, 5) is 0. The Balaban J connectivity index is 1.86. The Hall–Kier alpha value is -2.32. The van der Waals surface area contributed by atoms with E-state index in [1.165, 1.54) is 16.7 Å². The van der Waals surface area contributed by atoms with Crippen LogP contribution in [0.25, 0.3) is 0 Å². The predicted octanol–water partition coefficient (Wildman–Crippen LogP) is 5.37. The van der Waals surface area contributed by atoms with Gasteiger partial charge in [0.05, 0.1) is 7.11 Å². The van der Waals surface area contributed by atoms with Crippen molar-refractivity contribution in [3.63, 3.8) is 0 Å². The van der Waals surface area contributed by atoms with Gasteiger partial charge in [0.2, 0.25) is 0 Å². The van der Waals surface area contributed by atoms with E-state index in [-0.39, 0.29) is 0 Å². The maximum atomic E-state index is 6.55. The van der Waals surface area contributed by atoms with Gasteiger partial charge in [0.1, 0.15) is 11.4 Å². The summed E-state index contributed by atoms with van der Waals surface area (Å²) in [5.74, 6) is 1.19. The zero-order chi connectivity index (χ0) is 17.1. The standard InChI is InChI=1S/C23H24O2/c1-24-21-14-12-20(13-15-21)23(19-10-6-3-7-11-19)22(16-17-25-23)18-8-4-2-5-9-18/h2,4-6,8-15,22H,3,7,16-17H2,1H3. The van der Waals surface area contributed by atoms with Gasteiger partial charge in [-0.15, -0.1) is 0 Å². The lowest BCUT2D eigenvalue weighted by Crippen LogP contribution is -2.33. The third-order valence-corrected chi connectivity index (χ3v) is 5.37. The molecular formula is C23H24O2. The van der Waals surface area contributed by atoms with Crippen LogP contribution in [0.15, 0.2) is 78.4 Å². The molecule has 2 unspecified atom stereocenters. The molecule has 0 amide bonds. The summed E-state index contributed by atoms with van der Waals surface area (Å²) >= 11 is 0. The van der Waals surface area contributed by atoms with Crippen LogP contribution in [0.5, 0.6) is 5.75 Å². The molecule has 2 nitrogen and oxygen atoms in total. The van der Waals surface area contributed by atoms with Crippen LogP contribution in [0.1, 0.15) is 36.3 Å². The predicted molar refractivity (Wildman–Crippen MR) is 101 cm³/mol. The lowest BCUT2D eigenvalue weighted by molar-refractivity contribution is 0.0251. The van der Waals surface area contributed by atoms with Gasteiger partial charge < -0.3 is 9.47 Å². The third kappa shape index (κ3) is 2.81. The average molecular weight is 332 g/mol. The first kappa shape index (κ1) is 16.2. The summed E-state index contributed by atoms with van der Waals surface area (Å²) < 4.78 is 11.9. The van der Waals surface area contributed by atoms with Crippen LogP contribution >= 0.6 is 0 Å². The smallest absolute Gasteiger partial charge is 0.125 e. The summed E-state index contributed by atoms with van der Waals surface area (Å²) in [6.45, 7) is 0.775. The number of hydrogen-bond donors (Lipinski definition) is 0. The van der Waals surface area contributed by atoms with Crippen molar-refractivity contribution in [3.8, 4) is 5.75 Å². The van der Waals surface area contributed by atoms with Crippen molar-refractivity contribution in [2.45, 2.75) is 30.8 Å². The Kier molecular flexibility index (Phi) is 4.46. The van der Waals surface area contributed by atoms with Crippen molar-refractivity contribution in [1.82, 2.24) is 0 Å². The number of ether oxygens (including phenoxy) is 2. The highest BCUT2D eigenvalue weighted by Crippen LogP contribution is 2.52. The fourth-order valence-electron chi connectivity index (χ4n) is 4.19. The van der Waals surface area contributed by atoms with Crippen molar-refractivity contribution < 1.29 is 9.47 Å². The average Bonchev–Trinajstić information content (AvgIpc) is 3.15. The summed E-state index contributed by atoms with van der Waals surface area (Å²) in [6.07, 6.45) is 10.1. The molecule has 2 aromatic carbocycles. The van der Waals surface area contributed by atoms with Gasteiger partial charge in [0, 0.05) is 12.5 Å². The van der Waals surface area contributed by atoms with Crippen LogP contribution in [-0.2, 0) is 10.3 Å². The van der Waals surface area contributed by atoms with Crippen molar-refractivity contribution >= 4 is 0 Å². The van der Waals surface area contributed by atoms with Gasteiger partial charge in [-0.05, 0) is 48.1 Å². The Bertz CT molecular complexity index is 773. The topological polar surface area (TPSA) is 18.5 Å². The van der Waals surface area contributed by atoms with Gasteiger partial charge in [-0.3, -0.25) is 0 Å². The maximum absolute atomic E-state index is 6.55. The number of rotatable bonds is 4. The highest BCUT2D eigenvalue weighted by Gasteiger charge is 2.48. The van der Waals surface area contributed by atoms with Gasteiger partial charge in [0.25, 0.3) is 0 Å². The SMILES string of the molecule is COc1ccc(C2(C3=CCCC=C3)OCCC2c2ccccc2)cc1. The second-order valence-electron chi connectivity index (χ2n) is 6.70. The molecule has 2 aromatic rings. The molecule has 0 spiro atoms. The van der Waals surface area contributed by atoms with E-state index >= 15 is 0 Å². The Morgan fingerprint density at radius 3 is 2.48 bits per heavy atom. The first-order valence-corrected chi connectivity index (χ1v) is 9.05. The van der Waals surface area contributed by atoms with Crippen LogP contribution in [0.4, 0.5) is 0 Å². The quantitative estimate of drug-likeness (QED) is 0.749.